The summed E-state index contributed by atoms with van der Waals surface area (Å²) in [7, 11) is 0. The van der Waals surface area contributed by atoms with Gasteiger partial charge in [-0.1, -0.05) is 38.7 Å². The number of rotatable bonds is 5. The van der Waals surface area contributed by atoms with Gasteiger partial charge in [0.1, 0.15) is 0 Å². The zero-order valence-electron chi connectivity index (χ0n) is 12.4. The quantitative estimate of drug-likeness (QED) is 0.584. The van der Waals surface area contributed by atoms with Gasteiger partial charge >= 0.3 is 0 Å². The lowest BCUT2D eigenvalue weighted by atomic mass is 9.71. The summed E-state index contributed by atoms with van der Waals surface area (Å²) in [4.78, 5) is 0. The summed E-state index contributed by atoms with van der Waals surface area (Å²) in [5.74, 6) is 0.835. The fourth-order valence-electron chi connectivity index (χ4n) is 3.69. The summed E-state index contributed by atoms with van der Waals surface area (Å²) in [5, 5.41) is 20.4. The molecule has 0 spiro atoms. The van der Waals surface area contributed by atoms with Crippen LogP contribution in [0.2, 0.25) is 0 Å². The van der Waals surface area contributed by atoms with E-state index in [1.807, 2.05) is 0 Å². The van der Waals surface area contributed by atoms with E-state index in [-0.39, 0.29) is 6.10 Å². The molecule has 0 aromatic carbocycles. The fraction of sp³-hybridized carbons (Fsp3) is 0.882. The Kier molecular flexibility index (Phi) is 5.47. The van der Waals surface area contributed by atoms with Gasteiger partial charge < -0.3 is 10.2 Å². The van der Waals surface area contributed by atoms with Gasteiger partial charge in [0.25, 0.3) is 0 Å². The van der Waals surface area contributed by atoms with Crippen LogP contribution in [0.1, 0.15) is 77.6 Å². The van der Waals surface area contributed by atoms with Crippen molar-refractivity contribution < 1.29 is 10.2 Å². The second-order valence-corrected chi connectivity index (χ2v) is 6.63. The molecule has 0 radical (unpaired) electrons. The smallest absolute Gasteiger partial charge is 0.0857 e. The summed E-state index contributed by atoms with van der Waals surface area (Å²) < 4.78 is 0. The number of aliphatic hydroxyl groups is 2. The summed E-state index contributed by atoms with van der Waals surface area (Å²) in [6.07, 6.45) is 14.0. The summed E-state index contributed by atoms with van der Waals surface area (Å²) in [6, 6.07) is 0. The molecule has 2 nitrogen and oxygen atoms in total. The van der Waals surface area contributed by atoms with Crippen LogP contribution in [0.5, 0.6) is 0 Å². The Morgan fingerprint density at radius 3 is 2.53 bits per heavy atom. The predicted octanol–water partition coefficient (Wildman–Crippen LogP) is 3.96. The van der Waals surface area contributed by atoms with Crippen LogP contribution in [0.4, 0.5) is 0 Å². The lowest BCUT2D eigenvalue weighted by Crippen LogP contribution is -2.37. The van der Waals surface area contributed by atoms with Crippen molar-refractivity contribution in [2.45, 2.75) is 89.3 Å². The predicted molar refractivity (Wildman–Crippen MR) is 79.0 cm³/mol. The van der Waals surface area contributed by atoms with Crippen molar-refractivity contribution in [1.82, 2.24) is 0 Å². The van der Waals surface area contributed by atoms with Gasteiger partial charge in [-0.05, 0) is 56.4 Å². The number of hydrogen-bond acceptors (Lipinski definition) is 2. The Labute approximate surface area is 117 Å². The SMILES string of the molecule is CCCCCC1CCC(O)(C2=CCC(O)CC2)CC1. The second-order valence-electron chi connectivity index (χ2n) is 6.63. The maximum Gasteiger partial charge on any atom is 0.0857 e. The van der Waals surface area contributed by atoms with E-state index in [9.17, 15) is 10.2 Å². The highest BCUT2D eigenvalue weighted by atomic mass is 16.3. The molecule has 0 aromatic rings. The highest BCUT2D eigenvalue weighted by molar-refractivity contribution is 5.20. The minimum Gasteiger partial charge on any atom is -0.393 e. The molecule has 2 heteroatoms. The minimum atomic E-state index is -0.540. The minimum absolute atomic E-state index is 0.183. The fourth-order valence-corrected chi connectivity index (χ4v) is 3.69. The maximum absolute atomic E-state index is 10.8. The highest BCUT2D eigenvalue weighted by Gasteiger charge is 2.36. The van der Waals surface area contributed by atoms with E-state index in [0.29, 0.717) is 0 Å². The van der Waals surface area contributed by atoms with Crippen LogP contribution in [0.15, 0.2) is 11.6 Å². The Morgan fingerprint density at radius 2 is 1.95 bits per heavy atom. The van der Waals surface area contributed by atoms with E-state index in [4.69, 9.17) is 0 Å². The first kappa shape index (κ1) is 15.1. The summed E-state index contributed by atoms with van der Waals surface area (Å²) >= 11 is 0. The molecular formula is C17H30O2. The van der Waals surface area contributed by atoms with Crippen LogP contribution >= 0.6 is 0 Å². The van der Waals surface area contributed by atoms with Gasteiger partial charge in [-0.15, -0.1) is 0 Å². The van der Waals surface area contributed by atoms with Crippen molar-refractivity contribution in [3.63, 3.8) is 0 Å². The molecule has 1 atom stereocenters. The molecular weight excluding hydrogens is 236 g/mol. The van der Waals surface area contributed by atoms with Gasteiger partial charge in [0, 0.05) is 0 Å². The molecule has 2 aliphatic rings. The molecule has 2 aliphatic carbocycles. The Bertz CT molecular complexity index is 300. The van der Waals surface area contributed by atoms with Crippen molar-refractivity contribution in [3.8, 4) is 0 Å². The van der Waals surface area contributed by atoms with Gasteiger partial charge in [-0.2, -0.15) is 0 Å². The van der Waals surface area contributed by atoms with E-state index < -0.39 is 5.60 Å². The molecule has 0 saturated heterocycles. The molecule has 0 bridgehead atoms. The van der Waals surface area contributed by atoms with Crippen LogP contribution in [0.25, 0.3) is 0 Å². The van der Waals surface area contributed by atoms with Gasteiger partial charge in [0.2, 0.25) is 0 Å². The van der Waals surface area contributed by atoms with Gasteiger partial charge in [-0.3, -0.25) is 0 Å². The Hall–Kier alpha value is -0.340. The lowest BCUT2D eigenvalue weighted by molar-refractivity contribution is 0.0154. The van der Waals surface area contributed by atoms with E-state index in [2.05, 4.69) is 13.0 Å². The molecule has 0 heterocycles. The number of unbranched alkanes of at least 4 members (excludes halogenated alkanes) is 2. The molecule has 0 aliphatic heterocycles. The van der Waals surface area contributed by atoms with Crippen LogP contribution in [-0.2, 0) is 0 Å². The molecule has 110 valence electrons. The first-order valence-electron chi connectivity index (χ1n) is 8.24. The summed E-state index contributed by atoms with van der Waals surface area (Å²) in [5.41, 5.74) is 0.673. The van der Waals surface area contributed by atoms with Crippen molar-refractivity contribution in [1.29, 1.82) is 0 Å². The van der Waals surface area contributed by atoms with Crippen LogP contribution in [-0.4, -0.2) is 21.9 Å². The van der Waals surface area contributed by atoms with Crippen LogP contribution in [0.3, 0.4) is 0 Å². The average Bonchev–Trinajstić information content (AvgIpc) is 2.42. The second kappa shape index (κ2) is 6.90. The van der Waals surface area contributed by atoms with E-state index in [1.54, 1.807) is 0 Å². The highest BCUT2D eigenvalue weighted by Crippen LogP contribution is 2.41. The molecule has 0 amide bonds. The van der Waals surface area contributed by atoms with Crippen LogP contribution in [0, 0.1) is 5.92 Å². The van der Waals surface area contributed by atoms with E-state index in [0.717, 1.165) is 38.0 Å². The average molecular weight is 266 g/mol. The van der Waals surface area contributed by atoms with Gasteiger partial charge in [-0.25, -0.2) is 0 Å². The monoisotopic (exact) mass is 266 g/mol. The van der Waals surface area contributed by atoms with Crippen molar-refractivity contribution in [2.75, 3.05) is 0 Å². The van der Waals surface area contributed by atoms with Gasteiger partial charge in [0.05, 0.1) is 11.7 Å². The molecule has 2 N–H and O–H groups in total. The van der Waals surface area contributed by atoms with Crippen molar-refractivity contribution >= 4 is 0 Å². The zero-order chi connectivity index (χ0) is 13.7. The molecule has 1 unspecified atom stereocenters. The number of hydrogen-bond donors (Lipinski definition) is 2. The topological polar surface area (TPSA) is 40.5 Å². The number of aliphatic hydroxyl groups excluding tert-OH is 1. The Balaban J connectivity index is 1.81. The molecule has 19 heavy (non-hydrogen) atoms. The lowest BCUT2D eigenvalue weighted by Gasteiger charge is -2.39. The van der Waals surface area contributed by atoms with E-state index in [1.165, 1.54) is 44.1 Å². The zero-order valence-corrected chi connectivity index (χ0v) is 12.4. The normalized spacial score (nSPS) is 36.1. The van der Waals surface area contributed by atoms with E-state index >= 15 is 0 Å². The first-order valence-corrected chi connectivity index (χ1v) is 8.24. The molecule has 2 rings (SSSR count). The van der Waals surface area contributed by atoms with Crippen molar-refractivity contribution in [3.05, 3.63) is 11.6 Å². The summed E-state index contributed by atoms with van der Waals surface area (Å²) in [6.45, 7) is 2.25. The Morgan fingerprint density at radius 1 is 1.21 bits per heavy atom. The van der Waals surface area contributed by atoms with Gasteiger partial charge in [0.15, 0.2) is 0 Å². The van der Waals surface area contributed by atoms with Crippen LogP contribution < -0.4 is 0 Å². The standard InChI is InChI=1S/C17H30O2/c1-2-3-4-5-14-10-12-17(19,13-11-14)15-6-8-16(18)9-7-15/h6,14,16,18-19H,2-5,7-13H2,1H3. The third kappa shape index (κ3) is 4.06. The maximum atomic E-state index is 10.8. The molecule has 1 fully saturated rings. The molecule has 0 aromatic heterocycles. The van der Waals surface area contributed by atoms with Crippen molar-refractivity contribution in [2.24, 2.45) is 5.92 Å². The molecule has 1 saturated carbocycles. The third-order valence-corrected chi connectivity index (χ3v) is 5.13. The largest absolute Gasteiger partial charge is 0.393 e. The first-order chi connectivity index (χ1) is 9.14. The third-order valence-electron chi connectivity index (χ3n) is 5.13.